The standard InChI is InChI=1S/C26H28N4O3.ClH/c1-17-20-5-3-4-6-21(20)33-22(17)16-30(2)23(31)8-7-18-13-19-14-26(9-11-27-12-10-26)25(32)29-24(19)28-15-18;/h3-8,13,15,27H,9-12,14,16H2,1-2H3,(H,28,29,32);1H/b8-7+;. The Hall–Kier alpha value is -3.16. The first kappa shape index (κ1) is 24.0. The summed E-state index contributed by atoms with van der Waals surface area (Å²) in [4.78, 5) is 31.5. The Labute approximate surface area is 205 Å². The second-order valence-electron chi connectivity index (χ2n) is 9.11. The van der Waals surface area contributed by atoms with Gasteiger partial charge in [0.1, 0.15) is 17.2 Å². The van der Waals surface area contributed by atoms with Crippen molar-refractivity contribution in [2.75, 3.05) is 25.5 Å². The third kappa shape index (κ3) is 4.45. The number of fused-ring (bicyclic) bond motifs is 2. The average Bonchev–Trinajstić information content (AvgIpc) is 3.14. The minimum atomic E-state index is -0.358. The number of nitrogens with zero attached hydrogens (tertiary/aromatic N) is 2. The van der Waals surface area contributed by atoms with Crippen LogP contribution in [0.3, 0.4) is 0 Å². The highest BCUT2D eigenvalue weighted by Crippen LogP contribution is 2.39. The molecule has 0 atom stereocenters. The molecule has 0 unspecified atom stereocenters. The van der Waals surface area contributed by atoms with Crippen LogP contribution in [0.15, 0.2) is 47.0 Å². The molecule has 8 heteroatoms. The molecule has 4 heterocycles. The Balaban J connectivity index is 0.00000274. The predicted molar refractivity (Wildman–Crippen MR) is 135 cm³/mol. The van der Waals surface area contributed by atoms with E-state index < -0.39 is 0 Å². The van der Waals surface area contributed by atoms with E-state index in [9.17, 15) is 9.59 Å². The number of hydrogen-bond acceptors (Lipinski definition) is 5. The molecule has 2 amide bonds. The van der Waals surface area contributed by atoms with Gasteiger partial charge in [0.25, 0.3) is 0 Å². The zero-order chi connectivity index (χ0) is 23.0. The van der Waals surface area contributed by atoms with Gasteiger partial charge in [-0.1, -0.05) is 18.2 Å². The van der Waals surface area contributed by atoms with E-state index in [0.29, 0.717) is 18.8 Å². The van der Waals surface area contributed by atoms with Crippen molar-refractivity contribution < 1.29 is 14.0 Å². The van der Waals surface area contributed by atoms with Crippen molar-refractivity contribution in [3.05, 3.63) is 65.1 Å². The summed E-state index contributed by atoms with van der Waals surface area (Å²) in [6, 6.07) is 9.92. The van der Waals surface area contributed by atoms with Crippen LogP contribution in [-0.2, 0) is 22.6 Å². The number of carbonyl (C=O) groups excluding carboxylic acids is 2. The summed E-state index contributed by atoms with van der Waals surface area (Å²) in [5.41, 5.74) is 3.40. The third-order valence-electron chi connectivity index (χ3n) is 6.91. The molecule has 0 radical (unpaired) electrons. The van der Waals surface area contributed by atoms with Gasteiger partial charge in [0.05, 0.1) is 12.0 Å². The topological polar surface area (TPSA) is 87.5 Å². The molecular weight excluding hydrogens is 452 g/mol. The Kier molecular flexibility index (Phi) is 6.77. The molecule has 2 aliphatic heterocycles. The quantitative estimate of drug-likeness (QED) is 0.549. The molecule has 2 N–H and O–H groups in total. The number of piperidine rings is 1. The molecule has 0 bridgehead atoms. The van der Waals surface area contributed by atoms with E-state index in [0.717, 1.165) is 59.4 Å². The number of aryl methyl sites for hydroxylation is 1. The third-order valence-corrected chi connectivity index (χ3v) is 6.91. The van der Waals surface area contributed by atoms with Gasteiger partial charge in [-0.2, -0.15) is 0 Å². The van der Waals surface area contributed by atoms with E-state index in [4.69, 9.17) is 4.42 Å². The monoisotopic (exact) mass is 480 g/mol. The summed E-state index contributed by atoms with van der Waals surface area (Å²) < 4.78 is 5.94. The van der Waals surface area contributed by atoms with Crippen LogP contribution in [0, 0.1) is 12.3 Å². The van der Waals surface area contributed by atoms with Crippen LogP contribution in [0.4, 0.5) is 5.82 Å². The van der Waals surface area contributed by atoms with Crippen LogP contribution in [0.25, 0.3) is 17.0 Å². The number of para-hydroxylation sites is 1. The highest BCUT2D eigenvalue weighted by molar-refractivity contribution is 5.98. The molecule has 0 saturated carbocycles. The van der Waals surface area contributed by atoms with Gasteiger partial charge in [0, 0.05) is 30.3 Å². The van der Waals surface area contributed by atoms with Crippen LogP contribution in [-0.4, -0.2) is 41.8 Å². The van der Waals surface area contributed by atoms with Crippen molar-refractivity contribution >= 4 is 47.1 Å². The Morgan fingerprint density at radius 2 is 2.03 bits per heavy atom. The number of anilines is 1. The van der Waals surface area contributed by atoms with Gasteiger partial charge in [-0.05, 0) is 68.6 Å². The number of rotatable bonds is 4. The van der Waals surface area contributed by atoms with Crippen LogP contribution in [0.5, 0.6) is 0 Å². The van der Waals surface area contributed by atoms with Gasteiger partial charge in [-0.15, -0.1) is 12.4 Å². The van der Waals surface area contributed by atoms with Gasteiger partial charge in [-0.25, -0.2) is 4.98 Å². The molecule has 1 spiro atoms. The summed E-state index contributed by atoms with van der Waals surface area (Å²) in [5, 5.41) is 7.39. The van der Waals surface area contributed by atoms with Crippen molar-refractivity contribution in [1.29, 1.82) is 0 Å². The number of benzene rings is 1. The normalized spacial score (nSPS) is 16.8. The van der Waals surface area contributed by atoms with Gasteiger partial charge in [0.2, 0.25) is 11.8 Å². The van der Waals surface area contributed by atoms with E-state index in [1.54, 1.807) is 30.3 Å². The van der Waals surface area contributed by atoms with E-state index in [1.807, 2.05) is 37.3 Å². The number of nitrogens with one attached hydrogen (secondary N) is 2. The lowest BCUT2D eigenvalue weighted by Crippen LogP contribution is -2.48. The molecule has 34 heavy (non-hydrogen) atoms. The summed E-state index contributed by atoms with van der Waals surface area (Å²) in [5.74, 6) is 1.38. The first-order valence-electron chi connectivity index (χ1n) is 11.4. The van der Waals surface area contributed by atoms with Crippen molar-refractivity contribution in [1.82, 2.24) is 15.2 Å². The number of amides is 2. The van der Waals surface area contributed by atoms with Gasteiger partial charge in [0.15, 0.2) is 0 Å². The van der Waals surface area contributed by atoms with Crippen LogP contribution >= 0.6 is 12.4 Å². The fraction of sp³-hybridized carbons (Fsp3) is 0.346. The zero-order valence-corrected chi connectivity index (χ0v) is 20.2. The van der Waals surface area contributed by atoms with Gasteiger partial charge >= 0.3 is 0 Å². The van der Waals surface area contributed by atoms with Crippen molar-refractivity contribution in [2.45, 2.75) is 32.7 Å². The number of furan rings is 1. The SMILES string of the molecule is Cc1c(CN(C)C(=O)/C=C/c2cnc3c(c2)CC2(CCNCC2)C(=O)N3)oc2ccccc12.Cl. The summed E-state index contributed by atoms with van der Waals surface area (Å²) in [7, 11) is 1.76. The van der Waals surface area contributed by atoms with Gasteiger partial charge in [-0.3, -0.25) is 9.59 Å². The van der Waals surface area contributed by atoms with E-state index in [1.165, 1.54) is 0 Å². The van der Waals surface area contributed by atoms with Crippen molar-refractivity contribution in [3.8, 4) is 0 Å². The first-order chi connectivity index (χ1) is 15.9. The van der Waals surface area contributed by atoms with Gasteiger partial charge < -0.3 is 20.0 Å². The molecule has 3 aromatic rings. The number of carbonyl (C=O) groups is 2. The van der Waals surface area contributed by atoms with Crippen molar-refractivity contribution in [3.63, 3.8) is 0 Å². The van der Waals surface area contributed by atoms with Crippen LogP contribution < -0.4 is 10.6 Å². The van der Waals surface area contributed by atoms with E-state index >= 15 is 0 Å². The molecule has 1 saturated heterocycles. The predicted octanol–water partition coefficient (Wildman–Crippen LogP) is 4.09. The second-order valence-corrected chi connectivity index (χ2v) is 9.11. The highest BCUT2D eigenvalue weighted by Gasteiger charge is 2.43. The molecule has 1 fully saturated rings. The van der Waals surface area contributed by atoms with Crippen LogP contribution in [0.2, 0.25) is 0 Å². The lowest BCUT2D eigenvalue weighted by molar-refractivity contribution is -0.127. The summed E-state index contributed by atoms with van der Waals surface area (Å²) in [6.45, 7) is 4.11. The summed E-state index contributed by atoms with van der Waals surface area (Å²) >= 11 is 0. The Morgan fingerprint density at radius 1 is 1.26 bits per heavy atom. The Bertz CT molecular complexity index is 1260. The maximum absolute atomic E-state index is 12.7. The number of likely N-dealkylation sites (N-methyl/N-ethyl adjacent to an activating group) is 1. The molecule has 5 rings (SSSR count). The first-order valence-corrected chi connectivity index (χ1v) is 11.4. The maximum atomic E-state index is 12.7. The molecular formula is C26H29ClN4O3. The van der Waals surface area contributed by atoms with E-state index in [-0.39, 0.29) is 29.6 Å². The molecule has 2 aliphatic rings. The zero-order valence-electron chi connectivity index (χ0n) is 19.4. The van der Waals surface area contributed by atoms with Crippen LogP contribution in [0.1, 0.15) is 35.3 Å². The number of aromatic nitrogens is 1. The minimum absolute atomic E-state index is 0. The lowest BCUT2D eigenvalue weighted by Gasteiger charge is -2.39. The molecule has 1 aromatic carbocycles. The number of hydrogen-bond donors (Lipinski definition) is 2. The fourth-order valence-corrected chi connectivity index (χ4v) is 4.83. The lowest BCUT2D eigenvalue weighted by atomic mass is 9.71. The fourth-order valence-electron chi connectivity index (χ4n) is 4.83. The molecule has 178 valence electrons. The smallest absolute Gasteiger partial charge is 0.246 e. The molecule has 2 aromatic heterocycles. The summed E-state index contributed by atoms with van der Waals surface area (Å²) in [6.07, 6.45) is 7.36. The average molecular weight is 481 g/mol. The molecule has 7 nitrogen and oxygen atoms in total. The molecule has 0 aliphatic carbocycles. The second kappa shape index (κ2) is 9.60. The Morgan fingerprint density at radius 3 is 2.79 bits per heavy atom. The number of halogens is 1. The minimum Gasteiger partial charge on any atom is -0.459 e. The largest absolute Gasteiger partial charge is 0.459 e. The number of pyridine rings is 1. The maximum Gasteiger partial charge on any atom is 0.246 e. The van der Waals surface area contributed by atoms with E-state index in [2.05, 4.69) is 15.6 Å². The van der Waals surface area contributed by atoms with Crippen molar-refractivity contribution in [2.24, 2.45) is 5.41 Å². The highest BCUT2D eigenvalue weighted by atomic mass is 35.5.